The first-order valence-electron chi connectivity index (χ1n) is 8.39. The van der Waals surface area contributed by atoms with Crippen molar-refractivity contribution >= 4 is 17.4 Å². The topological polar surface area (TPSA) is 97.2 Å². The van der Waals surface area contributed by atoms with Crippen LogP contribution < -0.4 is 10.6 Å². The molecule has 0 saturated heterocycles. The number of hydrogen-bond acceptors (Lipinski definition) is 5. The van der Waals surface area contributed by atoms with E-state index in [2.05, 4.69) is 15.6 Å². The van der Waals surface area contributed by atoms with Crippen LogP contribution in [0.15, 0.2) is 72.8 Å². The summed E-state index contributed by atoms with van der Waals surface area (Å²) in [6.45, 7) is 0.455. The molecule has 0 radical (unpaired) electrons. The molecule has 3 rings (SSSR count). The summed E-state index contributed by atoms with van der Waals surface area (Å²) in [6, 6.07) is 21.4. The fraction of sp³-hybridized carbons (Fsp3) is 0.100. The van der Waals surface area contributed by atoms with Crippen LogP contribution in [0.5, 0.6) is 0 Å². The molecule has 2 aromatic carbocycles. The van der Waals surface area contributed by atoms with Gasteiger partial charge in [0.05, 0.1) is 11.5 Å². The van der Waals surface area contributed by atoms with Crippen molar-refractivity contribution in [2.75, 3.05) is 11.9 Å². The molecule has 1 amide bonds. The molecule has 27 heavy (non-hydrogen) atoms. The van der Waals surface area contributed by atoms with Gasteiger partial charge in [-0.3, -0.25) is 14.9 Å². The number of pyridine rings is 1. The number of carbonyl (C=O) groups excluding carboxylic acids is 1. The Hall–Kier alpha value is -3.74. The Balaban J connectivity index is 1.66. The molecule has 1 heterocycles. The van der Waals surface area contributed by atoms with Crippen molar-refractivity contribution in [3.05, 3.63) is 88.5 Å². The Kier molecular flexibility index (Phi) is 5.73. The fourth-order valence-electron chi connectivity index (χ4n) is 2.54. The molecule has 7 heteroatoms. The van der Waals surface area contributed by atoms with Gasteiger partial charge in [0.25, 0.3) is 5.69 Å². The van der Waals surface area contributed by atoms with Crippen LogP contribution in [0.4, 0.5) is 11.5 Å². The molecule has 0 saturated carbocycles. The highest BCUT2D eigenvalue weighted by Crippen LogP contribution is 2.29. The number of benzene rings is 2. The Labute approximate surface area is 156 Å². The number of anilines is 1. The van der Waals surface area contributed by atoms with Gasteiger partial charge < -0.3 is 10.6 Å². The zero-order valence-electron chi connectivity index (χ0n) is 14.5. The Morgan fingerprint density at radius 1 is 0.963 bits per heavy atom. The van der Waals surface area contributed by atoms with E-state index in [0.717, 1.165) is 5.56 Å². The SMILES string of the molecule is O=C(CNc1ccc([N+](=O)[O-])c(-c2ccccc2)n1)NCc1ccccc1. The number of amides is 1. The van der Waals surface area contributed by atoms with Crippen molar-refractivity contribution < 1.29 is 9.72 Å². The van der Waals surface area contributed by atoms with Gasteiger partial charge >= 0.3 is 0 Å². The lowest BCUT2D eigenvalue weighted by molar-refractivity contribution is -0.384. The van der Waals surface area contributed by atoms with Crippen LogP contribution in [0.1, 0.15) is 5.56 Å². The van der Waals surface area contributed by atoms with Crippen molar-refractivity contribution in [3.63, 3.8) is 0 Å². The molecular weight excluding hydrogens is 344 g/mol. The standard InChI is InChI=1S/C20H18N4O3/c25-19(22-13-15-7-3-1-4-8-15)14-21-18-12-11-17(24(26)27)20(23-18)16-9-5-2-6-10-16/h1-12H,13-14H2,(H,21,23)(H,22,25). The maximum Gasteiger partial charge on any atom is 0.295 e. The van der Waals surface area contributed by atoms with Crippen molar-refractivity contribution in [1.29, 1.82) is 0 Å². The molecule has 0 unspecified atom stereocenters. The monoisotopic (exact) mass is 362 g/mol. The van der Waals surface area contributed by atoms with E-state index in [0.29, 0.717) is 17.9 Å². The predicted octanol–water partition coefficient (Wildman–Crippen LogP) is 3.39. The van der Waals surface area contributed by atoms with Gasteiger partial charge in [0.1, 0.15) is 5.82 Å². The van der Waals surface area contributed by atoms with Crippen LogP contribution in [0, 0.1) is 10.1 Å². The number of nitrogens with zero attached hydrogens (tertiary/aromatic N) is 2. The first-order chi connectivity index (χ1) is 13.1. The van der Waals surface area contributed by atoms with Gasteiger partial charge in [-0.15, -0.1) is 0 Å². The molecule has 0 fully saturated rings. The first-order valence-corrected chi connectivity index (χ1v) is 8.39. The molecule has 3 aromatic rings. The maximum absolute atomic E-state index is 12.0. The summed E-state index contributed by atoms with van der Waals surface area (Å²) < 4.78 is 0. The fourth-order valence-corrected chi connectivity index (χ4v) is 2.54. The van der Waals surface area contributed by atoms with Gasteiger partial charge in [0, 0.05) is 18.2 Å². The average Bonchev–Trinajstić information content (AvgIpc) is 2.72. The van der Waals surface area contributed by atoms with E-state index in [1.165, 1.54) is 12.1 Å². The van der Waals surface area contributed by atoms with Crippen molar-refractivity contribution in [2.45, 2.75) is 6.54 Å². The van der Waals surface area contributed by atoms with E-state index in [9.17, 15) is 14.9 Å². The zero-order valence-corrected chi connectivity index (χ0v) is 14.5. The highest BCUT2D eigenvalue weighted by atomic mass is 16.6. The zero-order chi connectivity index (χ0) is 19.1. The number of nitrogens with one attached hydrogen (secondary N) is 2. The van der Waals surface area contributed by atoms with Crippen LogP contribution in [0.3, 0.4) is 0 Å². The van der Waals surface area contributed by atoms with Gasteiger partial charge in [-0.2, -0.15) is 0 Å². The summed E-state index contributed by atoms with van der Waals surface area (Å²) in [5.41, 5.74) is 1.82. The van der Waals surface area contributed by atoms with Crippen LogP contribution in [0.2, 0.25) is 0 Å². The van der Waals surface area contributed by atoms with E-state index in [-0.39, 0.29) is 23.8 Å². The van der Waals surface area contributed by atoms with Gasteiger partial charge in [-0.1, -0.05) is 60.7 Å². The van der Waals surface area contributed by atoms with Gasteiger partial charge in [-0.25, -0.2) is 4.98 Å². The summed E-state index contributed by atoms with van der Waals surface area (Å²) in [5.74, 6) is 0.203. The van der Waals surface area contributed by atoms with E-state index >= 15 is 0 Å². The number of aromatic nitrogens is 1. The molecule has 0 bridgehead atoms. The second kappa shape index (κ2) is 8.57. The van der Waals surface area contributed by atoms with E-state index < -0.39 is 4.92 Å². The lowest BCUT2D eigenvalue weighted by atomic mass is 10.1. The molecule has 0 atom stereocenters. The number of hydrogen-bond donors (Lipinski definition) is 2. The van der Waals surface area contributed by atoms with Crippen LogP contribution in [-0.2, 0) is 11.3 Å². The van der Waals surface area contributed by atoms with Crippen LogP contribution in [0.25, 0.3) is 11.3 Å². The minimum Gasteiger partial charge on any atom is -0.361 e. The number of nitro groups is 1. The molecular formula is C20H18N4O3. The molecule has 1 aromatic heterocycles. The Bertz CT molecular complexity index is 930. The highest BCUT2D eigenvalue weighted by molar-refractivity contribution is 5.80. The molecule has 0 spiro atoms. The quantitative estimate of drug-likeness (QED) is 0.496. The molecule has 7 nitrogen and oxygen atoms in total. The van der Waals surface area contributed by atoms with Crippen molar-refractivity contribution in [3.8, 4) is 11.3 Å². The third-order valence-corrected chi connectivity index (χ3v) is 3.88. The summed E-state index contributed by atoms with van der Waals surface area (Å²) in [5, 5.41) is 17.0. The van der Waals surface area contributed by atoms with Gasteiger partial charge in [-0.05, 0) is 11.6 Å². The molecule has 136 valence electrons. The normalized spacial score (nSPS) is 10.2. The lowest BCUT2D eigenvalue weighted by Gasteiger charge is -2.09. The average molecular weight is 362 g/mol. The summed E-state index contributed by atoms with van der Waals surface area (Å²) >= 11 is 0. The summed E-state index contributed by atoms with van der Waals surface area (Å²) in [4.78, 5) is 27.1. The van der Waals surface area contributed by atoms with Crippen molar-refractivity contribution in [2.24, 2.45) is 0 Å². The number of carbonyl (C=O) groups is 1. The Morgan fingerprint density at radius 2 is 1.63 bits per heavy atom. The molecule has 2 N–H and O–H groups in total. The minimum absolute atomic E-state index is 0.0197. The number of rotatable bonds is 7. The molecule has 0 aliphatic heterocycles. The largest absolute Gasteiger partial charge is 0.361 e. The maximum atomic E-state index is 12.0. The summed E-state index contributed by atoms with van der Waals surface area (Å²) in [6.07, 6.45) is 0. The smallest absolute Gasteiger partial charge is 0.295 e. The van der Waals surface area contributed by atoms with Crippen LogP contribution >= 0.6 is 0 Å². The Morgan fingerprint density at radius 3 is 2.30 bits per heavy atom. The second-order valence-electron chi connectivity index (χ2n) is 5.80. The minimum atomic E-state index is -0.467. The van der Waals surface area contributed by atoms with E-state index in [4.69, 9.17) is 0 Å². The molecule has 0 aliphatic carbocycles. The van der Waals surface area contributed by atoms with Crippen molar-refractivity contribution in [1.82, 2.24) is 10.3 Å². The van der Waals surface area contributed by atoms with Crippen LogP contribution in [-0.4, -0.2) is 22.4 Å². The predicted molar refractivity (Wildman–Crippen MR) is 103 cm³/mol. The van der Waals surface area contributed by atoms with Gasteiger partial charge in [0.15, 0.2) is 5.69 Å². The highest BCUT2D eigenvalue weighted by Gasteiger charge is 2.17. The van der Waals surface area contributed by atoms with E-state index in [1.807, 2.05) is 36.4 Å². The third kappa shape index (κ3) is 4.88. The first kappa shape index (κ1) is 18.1. The molecule has 0 aliphatic rings. The van der Waals surface area contributed by atoms with E-state index in [1.54, 1.807) is 24.3 Å². The third-order valence-electron chi connectivity index (χ3n) is 3.88. The lowest BCUT2D eigenvalue weighted by Crippen LogP contribution is -2.29. The van der Waals surface area contributed by atoms with Gasteiger partial charge in [0.2, 0.25) is 5.91 Å². The second-order valence-corrected chi connectivity index (χ2v) is 5.80. The summed E-state index contributed by atoms with van der Waals surface area (Å²) in [7, 11) is 0.